The van der Waals surface area contributed by atoms with Crippen molar-refractivity contribution in [3.8, 4) is 0 Å². The molecule has 0 unspecified atom stereocenters. The van der Waals surface area contributed by atoms with Gasteiger partial charge in [0.25, 0.3) is 0 Å². The normalized spacial score (nSPS) is 11.1. The van der Waals surface area contributed by atoms with Crippen LogP contribution >= 0.6 is 0 Å². The highest BCUT2D eigenvalue weighted by Crippen LogP contribution is 2.12. The Bertz CT molecular complexity index is 363. The molecule has 1 aromatic heterocycles. The molecule has 0 saturated heterocycles. The standard InChI is InChI=1S/C14H20O3/c1-12-10-11-17-13(12)8-6-4-2-3-5-7-9-14(15)16/h6,8,10-11H,2-5,7,9H2,1H3,(H,15,16)/b8-6+. The van der Waals surface area contributed by atoms with Gasteiger partial charge in [-0.2, -0.15) is 0 Å². The average Bonchev–Trinajstić information content (AvgIpc) is 2.68. The molecule has 0 bridgehead atoms. The van der Waals surface area contributed by atoms with E-state index in [0.29, 0.717) is 6.42 Å². The minimum absolute atomic E-state index is 0.293. The first-order valence-electron chi connectivity index (χ1n) is 6.12. The molecule has 3 nitrogen and oxygen atoms in total. The molecule has 0 aliphatic carbocycles. The van der Waals surface area contributed by atoms with Crippen molar-refractivity contribution >= 4 is 12.0 Å². The first-order valence-corrected chi connectivity index (χ1v) is 6.12. The van der Waals surface area contributed by atoms with Crippen molar-refractivity contribution in [3.63, 3.8) is 0 Å². The second-order valence-corrected chi connectivity index (χ2v) is 4.22. The highest BCUT2D eigenvalue weighted by atomic mass is 16.4. The van der Waals surface area contributed by atoms with Gasteiger partial charge in [0.1, 0.15) is 5.76 Å². The topological polar surface area (TPSA) is 50.4 Å². The molecule has 94 valence electrons. The van der Waals surface area contributed by atoms with E-state index in [1.165, 1.54) is 0 Å². The zero-order chi connectivity index (χ0) is 12.5. The van der Waals surface area contributed by atoms with E-state index in [-0.39, 0.29) is 0 Å². The predicted octanol–water partition coefficient (Wildman–Crippen LogP) is 4.03. The van der Waals surface area contributed by atoms with Gasteiger partial charge < -0.3 is 9.52 Å². The van der Waals surface area contributed by atoms with Crippen molar-refractivity contribution < 1.29 is 14.3 Å². The number of carbonyl (C=O) groups is 1. The number of carboxylic acids is 1. The Labute approximate surface area is 102 Å². The van der Waals surface area contributed by atoms with Crippen LogP contribution in [0.5, 0.6) is 0 Å². The van der Waals surface area contributed by atoms with Crippen molar-refractivity contribution in [3.05, 3.63) is 29.7 Å². The number of carboxylic acid groups (broad SMARTS) is 1. The van der Waals surface area contributed by atoms with Gasteiger partial charge in [-0.15, -0.1) is 0 Å². The van der Waals surface area contributed by atoms with Crippen LogP contribution in [0, 0.1) is 6.92 Å². The lowest BCUT2D eigenvalue weighted by Crippen LogP contribution is -1.93. The number of hydrogen-bond acceptors (Lipinski definition) is 2. The van der Waals surface area contributed by atoms with Crippen molar-refractivity contribution in [2.45, 2.75) is 45.4 Å². The lowest BCUT2D eigenvalue weighted by Gasteiger charge is -1.96. The van der Waals surface area contributed by atoms with E-state index in [1.807, 2.05) is 19.1 Å². The van der Waals surface area contributed by atoms with Gasteiger partial charge in [0.2, 0.25) is 0 Å². The van der Waals surface area contributed by atoms with Crippen LogP contribution in [0.4, 0.5) is 0 Å². The SMILES string of the molecule is Cc1ccoc1/C=C/CCCCCCC(=O)O. The number of aliphatic carboxylic acids is 1. The minimum Gasteiger partial charge on any atom is -0.481 e. The average molecular weight is 236 g/mol. The molecule has 0 radical (unpaired) electrons. The third kappa shape index (κ3) is 5.95. The fraction of sp³-hybridized carbons (Fsp3) is 0.500. The Hall–Kier alpha value is -1.51. The van der Waals surface area contributed by atoms with Gasteiger partial charge in [-0.3, -0.25) is 4.79 Å². The Morgan fingerprint density at radius 1 is 1.35 bits per heavy atom. The molecule has 1 rings (SSSR count). The van der Waals surface area contributed by atoms with Gasteiger partial charge in [-0.25, -0.2) is 0 Å². The first kappa shape index (κ1) is 13.6. The predicted molar refractivity (Wildman–Crippen MR) is 67.8 cm³/mol. The number of furan rings is 1. The summed E-state index contributed by atoms with van der Waals surface area (Å²) in [6.45, 7) is 2.02. The molecule has 0 amide bonds. The smallest absolute Gasteiger partial charge is 0.303 e. The van der Waals surface area contributed by atoms with Crippen LogP contribution < -0.4 is 0 Å². The van der Waals surface area contributed by atoms with Crippen LogP contribution in [-0.4, -0.2) is 11.1 Å². The maximum Gasteiger partial charge on any atom is 0.303 e. The zero-order valence-electron chi connectivity index (χ0n) is 10.3. The number of unbranched alkanes of at least 4 members (excludes halogenated alkanes) is 4. The summed E-state index contributed by atoms with van der Waals surface area (Å²) in [7, 11) is 0. The maximum atomic E-state index is 10.3. The molecular weight excluding hydrogens is 216 g/mol. The number of rotatable bonds is 8. The molecule has 3 heteroatoms. The lowest BCUT2D eigenvalue weighted by molar-refractivity contribution is -0.137. The number of hydrogen-bond donors (Lipinski definition) is 1. The van der Waals surface area contributed by atoms with Crippen molar-refractivity contribution in [2.75, 3.05) is 0 Å². The largest absolute Gasteiger partial charge is 0.481 e. The second kappa shape index (κ2) is 7.71. The maximum absolute atomic E-state index is 10.3. The van der Waals surface area contributed by atoms with E-state index in [2.05, 4.69) is 6.08 Å². The molecule has 0 aromatic carbocycles. The van der Waals surface area contributed by atoms with Crippen molar-refractivity contribution in [1.29, 1.82) is 0 Å². The van der Waals surface area contributed by atoms with Crippen LogP contribution in [0.25, 0.3) is 6.08 Å². The highest BCUT2D eigenvalue weighted by Gasteiger charge is 1.96. The van der Waals surface area contributed by atoms with Crippen molar-refractivity contribution in [2.24, 2.45) is 0 Å². The Kier molecular flexibility index (Phi) is 6.15. The quantitative estimate of drug-likeness (QED) is 0.693. The molecule has 0 fully saturated rings. The van der Waals surface area contributed by atoms with E-state index in [1.54, 1.807) is 6.26 Å². The molecule has 17 heavy (non-hydrogen) atoms. The Morgan fingerprint density at radius 3 is 2.76 bits per heavy atom. The molecule has 1 heterocycles. The van der Waals surface area contributed by atoms with Gasteiger partial charge >= 0.3 is 5.97 Å². The zero-order valence-corrected chi connectivity index (χ0v) is 10.3. The third-order valence-corrected chi connectivity index (χ3v) is 2.68. The van der Waals surface area contributed by atoms with E-state index in [4.69, 9.17) is 9.52 Å². The monoisotopic (exact) mass is 236 g/mol. The third-order valence-electron chi connectivity index (χ3n) is 2.68. The highest BCUT2D eigenvalue weighted by molar-refractivity contribution is 5.66. The Morgan fingerprint density at radius 2 is 2.12 bits per heavy atom. The number of allylic oxidation sites excluding steroid dienone is 1. The van der Waals surface area contributed by atoms with E-state index in [0.717, 1.165) is 43.4 Å². The van der Waals surface area contributed by atoms with Crippen LogP contribution in [-0.2, 0) is 4.79 Å². The van der Waals surface area contributed by atoms with E-state index in [9.17, 15) is 4.79 Å². The van der Waals surface area contributed by atoms with Crippen LogP contribution in [0.3, 0.4) is 0 Å². The van der Waals surface area contributed by atoms with Gasteiger partial charge in [0, 0.05) is 6.42 Å². The molecular formula is C14H20O3. The van der Waals surface area contributed by atoms with Gasteiger partial charge in [-0.1, -0.05) is 18.9 Å². The molecule has 1 N–H and O–H groups in total. The summed E-state index contributed by atoms with van der Waals surface area (Å²) in [5, 5.41) is 8.46. The summed E-state index contributed by atoms with van der Waals surface area (Å²) >= 11 is 0. The Balaban J connectivity index is 2.03. The summed E-state index contributed by atoms with van der Waals surface area (Å²) in [4.78, 5) is 10.3. The molecule has 0 aliphatic rings. The van der Waals surface area contributed by atoms with Crippen molar-refractivity contribution in [1.82, 2.24) is 0 Å². The van der Waals surface area contributed by atoms with Gasteiger partial charge in [-0.05, 0) is 43.9 Å². The fourth-order valence-electron chi connectivity index (χ4n) is 1.64. The van der Waals surface area contributed by atoms with Crippen LogP contribution in [0.1, 0.15) is 49.8 Å². The molecule has 0 atom stereocenters. The first-order chi connectivity index (χ1) is 8.20. The molecule has 1 aromatic rings. The fourth-order valence-corrected chi connectivity index (χ4v) is 1.64. The summed E-state index contributed by atoms with van der Waals surface area (Å²) in [6, 6.07) is 1.95. The summed E-state index contributed by atoms with van der Waals surface area (Å²) in [5.74, 6) is 0.231. The minimum atomic E-state index is -0.696. The number of aryl methyl sites for hydroxylation is 1. The molecule has 0 saturated carbocycles. The summed E-state index contributed by atoms with van der Waals surface area (Å²) < 4.78 is 5.28. The molecule has 0 aliphatic heterocycles. The van der Waals surface area contributed by atoms with E-state index < -0.39 is 5.97 Å². The van der Waals surface area contributed by atoms with Gasteiger partial charge in [0.15, 0.2) is 0 Å². The summed E-state index contributed by atoms with van der Waals surface area (Å²) in [6.07, 6.45) is 11.1. The lowest BCUT2D eigenvalue weighted by atomic mass is 10.1. The van der Waals surface area contributed by atoms with E-state index >= 15 is 0 Å². The van der Waals surface area contributed by atoms with Crippen LogP contribution in [0.15, 0.2) is 22.8 Å². The second-order valence-electron chi connectivity index (χ2n) is 4.22. The summed E-state index contributed by atoms with van der Waals surface area (Å²) in [5.41, 5.74) is 1.16. The van der Waals surface area contributed by atoms with Gasteiger partial charge in [0.05, 0.1) is 6.26 Å². The van der Waals surface area contributed by atoms with Crippen LogP contribution in [0.2, 0.25) is 0 Å². The molecule has 0 spiro atoms.